The van der Waals surface area contributed by atoms with E-state index in [-0.39, 0.29) is 19.3 Å². The number of hydrogen-bond acceptors (Lipinski definition) is 8. The molecular weight excluding hydrogens is 288 g/mol. The summed E-state index contributed by atoms with van der Waals surface area (Å²) in [6, 6.07) is 0. The lowest BCUT2D eigenvalue weighted by Crippen LogP contribution is -2.09. The first-order chi connectivity index (χ1) is 9.08. The maximum atomic E-state index is 10.6. The summed E-state index contributed by atoms with van der Waals surface area (Å²) in [7, 11) is 0. The summed E-state index contributed by atoms with van der Waals surface area (Å²) in [6.07, 6.45) is 1.59. The lowest BCUT2D eigenvalue weighted by atomic mass is 10.6. The molecule has 0 radical (unpaired) electrons. The van der Waals surface area contributed by atoms with Gasteiger partial charge in [-0.1, -0.05) is 23.6 Å². The number of carbonyl (C=O) groups excluding carboxylic acids is 1. The van der Waals surface area contributed by atoms with Gasteiger partial charge in [-0.05, 0) is 0 Å². The summed E-state index contributed by atoms with van der Waals surface area (Å²) in [5, 5.41) is 0.388. The number of hydrogen-bond donors (Lipinski definition) is 1. The third-order valence-electron chi connectivity index (χ3n) is 2.19. The van der Waals surface area contributed by atoms with Gasteiger partial charge in [0.05, 0.1) is 12.9 Å². The number of esters is 1. The second kappa shape index (κ2) is 6.04. The van der Waals surface area contributed by atoms with Gasteiger partial charge in [0, 0.05) is 6.92 Å². The van der Waals surface area contributed by atoms with Crippen LogP contribution in [0.2, 0.25) is 0 Å². The summed E-state index contributed by atoms with van der Waals surface area (Å²) in [5.41, 5.74) is 6.84. The lowest BCUT2D eigenvalue weighted by Gasteiger charge is -2.06. The van der Waals surface area contributed by atoms with Gasteiger partial charge >= 0.3 is 5.97 Å². The molecule has 2 N–H and O–H groups in total. The zero-order valence-electron chi connectivity index (χ0n) is 10.2. The first kappa shape index (κ1) is 13.8. The SMILES string of the molecule is CC(=O)OCCOCn1cnc2nc(N)sc(=S)c21. The molecule has 2 rings (SSSR count). The van der Waals surface area contributed by atoms with Crippen molar-refractivity contribution in [2.45, 2.75) is 13.7 Å². The van der Waals surface area contributed by atoms with Crippen LogP contribution in [0.1, 0.15) is 6.92 Å². The highest BCUT2D eigenvalue weighted by Crippen LogP contribution is 2.19. The Balaban J connectivity index is 2.02. The largest absolute Gasteiger partial charge is 0.463 e. The molecule has 2 aromatic heterocycles. The number of fused-ring (bicyclic) bond motifs is 1. The Bertz CT molecular complexity index is 652. The Morgan fingerprint density at radius 3 is 3.11 bits per heavy atom. The van der Waals surface area contributed by atoms with E-state index in [9.17, 15) is 4.79 Å². The van der Waals surface area contributed by atoms with E-state index < -0.39 is 0 Å². The minimum absolute atomic E-state index is 0.219. The molecule has 0 unspecified atom stereocenters. The predicted molar refractivity (Wildman–Crippen MR) is 73.2 cm³/mol. The van der Waals surface area contributed by atoms with Gasteiger partial charge in [0.2, 0.25) is 0 Å². The Kier molecular flexibility index (Phi) is 4.40. The summed E-state index contributed by atoms with van der Waals surface area (Å²) < 4.78 is 12.5. The molecule has 2 heterocycles. The van der Waals surface area contributed by atoms with E-state index in [4.69, 9.17) is 27.4 Å². The zero-order valence-corrected chi connectivity index (χ0v) is 11.8. The molecule has 0 fully saturated rings. The van der Waals surface area contributed by atoms with Gasteiger partial charge < -0.3 is 19.8 Å². The van der Waals surface area contributed by atoms with Gasteiger partial charge in [0.15, 0.2) is 10.8 Å². The van der Waals surface area contributed by atoms with E-state index >= 15 is 0 Å². The number of ether oxygens (including phenoxy) is 2. The Hall–Kier alpha value is -1.58. The molecule has 0 aliphatic carbocycles. The van der Waals surface area contributed by atoms with Crippen molar-refractivity contribution >= 4 is 45.8 Å². The van der Waals surface area contributed by atoms with E-state index in [0.717, 1.165) is 5.52 Å². The molecule has 9 heteroatoms. The normalized spacial score (nSPS) is 10.8. The van der Waals surface area contributed by atoms with Crippen LogP contribution < -0.4 is 5.73 Å². The zero-order chi connectivity index (χ0) is 13.8. The van der Waals surface area contributed by atoms with E-state index in [1.807, 2.05) is 0 Å². The van der Waals surface area contributed by atoms with Gasteiger partial charge in [0.1, 0.15) is 22.7 Å². The predicted octanol–water partition coefficient (Wildman–Crippen LogP) is 1.34. The maximum absolute atomic E-state index is 10.6. The molecule has 0 spiro atoms. The fourth-order valence-corrected chi connectivity index (χ4v) is 2.53. The van der Waals surface area contributed by atoms with Crippen LogP contribution in [0.25, 0.3) is 11.2 Å². The molecule has 0 amide bonds. The van der Waals surface area contributed by atoms with Crippen LogP contribution in [-0.4, -0.2) is 33.7 Å². The quantitative estimate of drug-likeness (QED) is 0.506. The van der Waals surface area contributed by atoms with Gasteiger partial charge in [0.25, 0.3) is 0 Å². The van der Waals surface area contributed by atoms with Crippen LogP contribution >= 0.6 is 23.6 Å². The highest BCUT2D eigenvalue weighted by molar-refractivity contribution is 7.74. The molecule has 0 atom stereocenters. The van der Waals surface area contributed by atoms with Crippen LogP contribution in [0, 0.1) is 3.82 Å². The fourth-order valence-electron chi connectivity index (χ4n) is 1.44. The van der Waals surface area contributed by atoms with Crippen molar-refractivity contribution in [2.75, 3.05) is 18.9 Å². The molecule has 7 nitrogen and oxygen atoms in total. The second-order valence-electron chi connectivity index (χ2n) is 3.60. The summed E-state index contributed by atoms with van der Waals surface area (Å²) in [4.78, 5) is 18.8. The first-order valence-electron chi connectivity index (χ1n) is 5.40. The molecule has 0 aliphatic rings. The number of nitrogens with two attached hydrogens (primary N) is 1. The third kappa shape index (κ3) is 3.46. The second-order valence-corrected chi connectivity index (χ2v) is 5.30. The molecule has 102 valence electrons. The average molecular weight is 300 g/mol. The van der Waals surface area contributed by atoms with Crippen LogP contribution in [0.4, 0.5) is 5.13 Å². The first-order valence-corrected chi connectivity index (χ1v) is 6.63. The maximum Gasteiger partial charge on any atom is 0.302 e. The number of rotatable bonds is 5. The smallest absolute Gasteiger partial charge is 0.302 e. The monoisotopic (exact) mass is 300 g/mol. The standard InChI is InChI=1S/C10H12N4O3S2/c1-6(15)17-3-2-16-5-14-4-12-8-7(14)9(18)19-10(11)13-8/h4H,2-3,5H2,1H3,(H2,11,13). The minimum Gasteiger partial charge on any atom is -0.463 e. The van der Waals surface area contributed by atoms with E-state index in [1.54, 1.807) is 10.9 Å². The highest BCUT2D eigenvalue weighted by atomic mass is 32.1. The van der Waals surface area contributed by atoms with Gasteiger partial charge in [-0.3, -0.25) is 4.79 Å². The van der Waals surface area contributed by atoms with Crippen molar-refractivity contribution in [3.05, 3.63) is 10.2 Å². The van der Waals surface area contributed by atoms with Crippen molar-refractivity contribution in [1.29, 1.82) is 0 Å². The van der Waals surface area contributed by atoms with Crippen molar-refractivity contribution in [2.24, 2.45) is 0 Å². The molecule has 0 aliphatic heterocycles. The molecule has 0 aromatic carbocycles. The van der Waals surface area contributed by atoms with Crippen LogP contribution in [0.5, 0.6) is 0 Å². The van der Waals surface area contributed by atoms with Crippen molar-refractivity contribution < 1.29 is 14.3 Å². The highest BCUT2D eigenvalue weighted by Gasteiger charge is 2.07. The van der Waals surface area contributed by atoms with E-state index in [2.05, 4.69) is 9.97 Å². The van der Waals surface area contributed by atoms with Crippen LogP contribution in [0.3, 0.4) is 0 Å². The number of anilines is 1. The van der Waals surface area contributed by atoms with Crippen LogP contribution in [-0.2, 0) is 21.0 Å². The number of imidazole rings is 1. The van der Waals surface area contributed by atoms with Gasteiger partial charge in [-0.15, -0.1) is 0 Å². The van der Waals surface area contributed by atoms with Gasteiger partial charge in [-0.2, -0.15) is 4.98 Å². The third-order valence-corrected chi connectivity index (χ3v) is 3.31. The number of nitrogens with zero attached hydrogens (tertiary/aromatic N) is 3. The molecule has 0 bridgehead atoms. The molecule has 2 aromatic rings. The molecular formula is C10H12N4O3S2. The Morgan fingerprint density at radius 2 is 2.37 bits per heavy atom. The number of aromatic nitrogens is 3. The van der Waals surface area contributed by atoms with Crippen LogP contribution in [0.15, 0.2) is 6.33 Å². The Morgan fingerprint density at radius 1 is 1.58 bits per heavy atom. The molecule has 0 saturated heterocycles. The van der Waals surface area contributed by atoms with Gasteiger partial charge in [-0.25, -0.2) is 4.98 Å². The van der Waals surface area contributed by atoms with E-state index in [1.165, 1.54) is 18.3 Å². The summed E-state index contributed by atoms with van der Waals surface area (Å²) in [5.74, 6) is -0.328. The fraction of sp³-hybridized carbons (Fsp3) is 0.400. The summed E-state index contributed by atoms with van der Waals surface area (Å²) >= 11 is 6.45. The topological polar surface area (TPSA) is 92.3 Å². The minimum atomic E-state index is -0.328. The lowest BCUT2D eigenvalue weighted by molar-refractivity contribution is -0.142. The average Bonchev–Trinajstić information content (AvgIpc) is 2.71. The number of nitrogen functional groups attached to an aromatic ring is 1. The molecule has 19 heavy (non-hydrogen) atoms. The molecule has 0 saturated carbocycles. The van der Waals surface area contributed by atoms with Crippen molar-refractivity contribution in [1.82, 2.24) is 14.5 Å². The Labute approximate surface area is 118 Å². The van der Waals surface area contributed by atoms with E-state index in [0.29, 0.717) is 21.2 Å². The summed E-state index contributed by atoms with van der Waals surface area (Å²) in [6.45, 7) is 2.14. The number of carbonyl (C=O) groups is 1. The van der Waals surface area contributed by atoms with Crippen molar-refractivity contribution in [3.8, 4) is 0 Å². The van der Waals surface area contributed by atoms with Crippen molar-refractivity contribution in [3.63, 3.8) is 0 Å².